The molecule has 0 aliphatic carbocycles. The van der Waals surface area contributed by atoms with Crippen molar-refractivity contribution in [2.24, 2.45) is 0 Å². The molecule has 1 rings (SSSR count). The lowest BCUT2D eigenvalue weighted by Crippen LogP contribution is -1.99. The average Bonchev–Trinajstić information content (AvgIpc) is 2.05. The van der Waals surface area contributed by atoms with Crippen LogP contribution < -0.4 is 4.74 Å². The Bertz CT molecular complexity index is 265. The number of aromatic nitrogens is 1. The normalized spacial score (nSPS) is 9.92. The van der Waals surface area contributed by atoms with Crippen molar-refractivity contribution in [3.05, 3.63) is 22.8 Å². The highest BCUT2D eigenvalue weighted by molar-refractivity contribution is 6.29. The van der Waals surface area contributed by atoms with E-state index in [1.54, 1.807) is 12.1 Å². The molecule has 0 unspecified atom stereocenters. The molecule has 0 saturated heterocycles. The first kappa shape index (κ1) is 9.29. The highest BCUT2D eigenvalue weighted by atomic mass is 35.5. The van der Waals surface area contributed by atoms with E-state index in [1.807, 2.05) is 6.92 Å². The predicted molar refractivity (Wildman–Crippen MR) is 46.3 cm³/mol. The van der Waals surface area contributed by atoms with Gasteiger partial charge in [0.15, 0.2) is 0 Å². The maximum absolute atomic E-state index is 8.87. The molecular weight excluding hydrogens is 178 g/mol. The number of hydrogen-bond acceptors (Lipinski definition) is 3. The summed E-state index contributed by atoms with van der Waals surface area (Å²) in [5, 5.41) is 9.24. The van der Waals surface area contributed by atoms with E-state index in [0.717, 1.165) is 0 Å². The van der Waals surface area contributed by atoms with E-state index in [0.29, 0.717) is 23.2 Å². The molecule has 1 aromatic heterocycles. The lowest BCUT2D eigenvalue weighted by Gasteiger charge is -2.06. The lowest BCUT2D eigenvalue weighted by atomic mass is 10.3. The number of halogens is 1. The van der Waals surface area contributed by atoms with Crippen LogP contribution in [-0.4, -0.2) is 16.7 Å². The van der Waals surface area contributed by atoms with Crippen molar-refractivity contribution in [1.29, 1.82) is 0 Å². The minimum atomic E-state index is -0.0838. The van der Waals surface area contributed by atoms with Crippen LogP contribution in [0.5, 0.6) is 5.88 Å². The predicted octanol–water partition coefficient (Wildman–Crippen LogP) is 1.63. The number of nitrogens with zero attached hydrogens (tertiary/aromatic N) is 1. The zero-order chi connectivity index (χ0) is 8.97. The molecule has 12 heavy (non-hydrogen) atoms. The molecule has 0 spiro atoms. The van der Waals surface area contributed by atoms with E-state index in [4.69, 9.17) is 21.4 Å². The van der Waals surface area contributed by atoms with Gasteiger partial charge >= 0.3 is 0 Å². The van der Waals surface area contributed by atoms with Crippen LogP contribution in [0.25, 0.3) is 0 Å². The fraction of sp³-hybridized carbons (Fsp3) is 0.375. The van der Waals surface area contributed by atoms with Crippen LogP contribution in [0.15, 0.2) is 12.1 Å². The van der Waals surface area contributed by atoms with Gasteiger partial charge in [-0.3, -0.25) is 0 Å². The number of aliphatic hydroxyl groups is 1. The number of ether oxygens (including phenoxy) is 1. The Labute approximate surface area is 76.0 Å². The second kappa shape index (κ2) is 4.28. The molecule has 1 heterocycles. The summed E-state index contributed by atoms with van der Waals surface area (Å²) in [7, 11) is 0. The Hall–Kier alpha value is -0.800. The van der Waals surface area contributed by atoms with Crippen LogP contribution in [0, 0.1) is 0 Å². The Balaban J connectivity index is 2.95. The standard InChI is InChI=1S/C8H10ClNO2/c1-2-12-8-6(5-11)3-4-7(9)10-8/h3-4,11H,2,5H2,1H3. The van der Waals surface area contributed by atoms with Crippen molar-refractivity contribution in [2.75, 3.05) is 6.61 Å². The van der Waals surface area contributed by atoms with Gasteiger partial charge in [-0.05, 0) is 19.1 Å². The smallest absolute Gasteiger partial charge is 0.220 e. The first-order valence-electron chi connectivity index (χ1n) is 3.67. The number of pyridine rings is 1. The summed E-state index contributed by atoms with van der Waals surface area (Å²) in [6.07, 6.45) is 0. The van der Waals surface area contributed by atoms with Gasteiger partial charge in [0.1, 0.15) is 5.15 Å². The summed E-state index contributed by atoms with van der Waals surface area (Å²) < 4.78 is 5.15. The maximum Gasteiger partial charge on any atom is 0.220 e. The molecule has 4 heteroatoms. The minimum Gasteiger partial charge on any atom is -0.478 e. The summed E-state index contributed by atoms with van der Waals surface area (Å²) >= 11 is 5.64. The Morgan fingerprint density at radius 2 is 2.33 bits per heavy atom. The first-order valence-corrected chi connectivity index (χ1v) is 4.04. The van der Waals surface area contributed by atoms with Crippen LogP contribution in [0.2, 0.25) is 5.15 Å². The topological polar surface area (TPSA) is 42.4 Å². The fourth-order valence-electron chi connectivity index (χ4n) is 0.829. The van der Waals surface area contributed by atoms with Crippen molar-refractivity contribution < 1.29 is 9.84 Å². The van der Waals surface area contributed by atoms with E-state index >= 15 is 0 Å². The van der Waals surface area contributed by atoms with Crippen LogP contribution in [-0.2, 0) is 6.61 Å². The van der Waals surface area contributed by atoms with Gasteiger partial charge in [-0.25, -0.2) is 4.98 Å². The third kappa shape index (κ3) is 2.09. The third-order valence-corrected chi connectivity index (χ3v) is 1.57. The van der Waals surface area contributed by atoms with E-state index < -0.39 is 0 Å². The third-order valence-electron chi connectivity index (χ3n) is 1.36. The van der Waals surface area contributed by atoms with Gasteiger partial charge < -0.3 is 9.84 Å². The second-order valence-corrected chi connectivity index (χ2v) is 2.58. The molecule has 0 aliphatic heterocycles. The van der Waals surface area contributed by atoms with E-state index in [-0.39, 0.29) is 6.61 Å². The fourth-order valence-corrected chi connectivity index (χ4v) is 0.969. The Kier molecular flexibility index (Phi) is 3.31. The number of hydrogen-bond donors (Lipinski definition) is 1. The lowest BCUT2D eigenvalue weighted by molar-refractivity contribution is 0.263. The summed E-state index contributed by atoms with van der Waals surface area (Å²) in [5.41, 5.74) is 0.654. The van der Waals surface area contributed by atoms with Gasteiger partial charge in [0.25, 0.3) is 0 Å². The summed E-state index contributed by atoms with van der Waals surface area (Å²) in [6, 6.07) is 3.32. The first-order chi connectivity index (χ1) is 5.77. The summed E-state index contributed by atoms with van der Waals surface area (Å²) in [6.45, 7) is 2.28. The molecule has 0 radical (unpaired) electrons. The molecule has 0 aromatic carbocycles. The second-order valence-electron chi connectivity index (χ2n) is 2.19. The van der Waals surface area contributed by atoms with Crippen molar-refractivity contribution in [1.82, 2.24) is 4.98 Å². The average molecular weight is 188 g/mol. The molecule has 0 aliphatic rings. The zero-order valence-corrected chi connectivity index (χ0v) is 7.51. The monoisotopic (exact) mass is 187 g/mol. The number of aliphatic hydroxyl groups excluding tert-OH is 1. The molecule has 0 fully saturated rings. The molecule has 66 valence electrons. The van der Waals surface area contributed by atoms with Crippen LogP contribution >= 0.6 is 11.6 Å². The van der Waals surface area contributed by atoms with Crippen molar-refractivity contribution in [3.8, 4) is 5.88 Å². The zero-order valence-electron chi connectivity index (χ0n) is 6.75. The quantitative estimate of drug-likeness (QED) is 0.732. The van der Waals surface area contributed by atoms with Gasteiger partial charge in [0.2, 0.25) is 5.88 Å². The molecule has 3 nitrogen and oxygen atoms in total. The molecule has 0 atom stereocenters. The van der Waals surface area contributed by atoms with E-state index in [2.05, 4.69) is 4.98 Å². The van der Waals surface area contributed by atoms with Gasteiger partial charge in [-0.2, -0.15) is 0 Å². The highest BCUT2D eigenvalue weighted by Crippen LogP contribution is 2.18. The Morgan fingerprint density at radius 3 is 2.92 bits per heavy atom. The van der Waals surface area contributed by atoms with Crippen LogP contribution in [0.3, 0.4) is 0 Å². The maximum atomic E-state index is 8.87. The van der Waals surface area contributed by atoms with Gasteiger partial charge in [-0.1, -0.05) is 11.6 Å². The summed E-state index contributed by atoms with van der Waals surface area (Å²) in [5.74, 6) is 0.410. The summed E-state index contributed by atoms with van der Waals surface area (Å²) in [4.78, 5) is 3.92. The molecule has 0 saturated carbocycles. The molecule has 0 bridgehead atoms. The van der Waals surface area contributed by atoms with Crippen molar-refractivity contribution in [3.63, 3.8) is 0 Å². The molecule has 1 aromatic rings. The van der Waals surface area contributed by atoms with Crippen LogP contribution in [0.4, 0.5) is 0 Å². The largest absolute Gasteiger partial charge is 0.478 e. The van der Waals surface area contributed by atoms with Gasteiger partial charge in [0, 0.05) is 5.56 Å². The molecule has 0 amide bonds. The van der Waals surface area contributed by atoms with E-state index in [1.165, 1.54) is 0 Å². The molecule has 1 N–H and O–H groups in total. The highest BCUT2D eigenvalue weighted by Gasteiger charge is 2.03. The molecular formula is C8H10ClNO2. The number of rotatable bonds is 3. The van der Waals surface area contributed by atoms with Crippen molar-refractivity contribution >= 4 is 11.6 Å². The van der Waals surface area contributed by atoms with Gasteiger partial charge in [0.05, 0.1) is 13.2 Å². The van der Waals surface area contributed by atoms with Crippen LogP contribution in [0.1, 0.15) is 12.5 Å². The van der Waals surface area contributed by atoms with E-state index in [9.17, 15) is 0 Å². The minimum absolute atomic E-state index is 0.0838. The van der Waals surface area contributed by atoms with Crippen molar-refractivity contribution in [2.45, 2.75) is 13.5 Å². The Morgan fingerprint density at radius 1 is 1.58 bits per heavy atom. The SMILES string of the molecule is CCOc1nc(Cl)ccc1CO. The van der Waals surface area contributed by atoms with Gasteiger partial charge in [-0.15, -0.1) is 0 Å².